The van der Waals surface area contributed by atoms with Crippen molar-refractivity contribution in [2.45, 2.75) is 11.9 Å². The average molecular weight is 345 g/mol. The van der Waals surface area contributed by atoms with Gasteiger partial charge in [0.2, 0.25) is 10.0 Å². The first-order valence-electron chi connectivity index (χ1n) is 6.62. The average Bonchev–Trinajstić information content (AvgIpc) is 2.50. The summed E-state index contributed by atoms with van der Waals surface area (Å²) in [6, 6.07) is 7.92. The summed E-state index contributed by atoms with van der Waals surface area (Å²) in [5.74, 6) is -3.30. The monoisotopic (exact) mass is 345 g/mol. The molecule has 0 heterocycles. The normalized spacial score (nSPS) is 13.0. The van der Waals surface area contributed by atoms with Crippen molar-refractivity contribution in [3.05, 3.63) is 71.0 Å². The molecule has 1 atom stereocenters. The molecule has 23 heavy (non-hydrogen) atoms. The van der Waals surface area contributed by atoms with E-state index in [4.69, 9.17) is 0 Å². The summed E-state index contributed by atoms with van der Waals surface area (Å²) in [5, 5.41) is 9.85. The second-order valence-electron chi connectivity index (χ2n) is 4.88. The van der Waals surface area contributed by atoms with Crippen molar-refractivity contribution < 1.29 is 26.7 Å². The summed E-state index contributed by atoms with van der Waals surface area (Å²) >= 11 is 0. The van der Waals surface area contributed by atoms with Crippen molar-refractivity contribution in [1.82, 2.24) is 4.72 Å². The van der Waals surface area contributed by atoms with Gasteiger partial charge in [-0.15, -0.1) is 0 Å². The number of hydrogen-bond acceptors (Lipinski definition) is 3. The summed E-state index contributed by atoms with van der Waals surface area (Å²) in [5.41, 5.74) is -0.262. The molecular weight excluding hydrogens is 331 g/mol. The minimum atomic E-state index is -4.05. The van der Waals surface area contributed by atoms with Gasteiger partial charge in [0.15, 0.2) is 0 Å². The first-order chi connectivity index (χ1) is 10.8. The minimum absolute atomic E-state index is 0.311. The lowest BCUT2D eigenvalue weighted by Gasteiger charge is -2.13. The van der Waals surface area contributed by atoms with E-state index in [0.717, 1.165) is 30.3 Å². The van der Waals surface area contributed by atoms with Crippen LogP contribution >= 0.6 is 0 Å². The fraction of sp³-hybridized carbons (Fsp3) is 0.200. The third kappa shape index (κ3) is 4.78. The smallest absolute Gasteiger partial charge is 0.216 e. The van der Waals surface area contributed by atoms with Gasteiger partial charge in [-0.3, -0.25) is 0 Å². The van der Waals surface area contributed by atoms with E-state index in [1.807, 2.05) is 0 Å². The second kappa shape index (κ2) is 7.12. The summed E-state index contributed by atoms with van der Waals surface area (Å²) in [4.78, 5) is 0. The van der Waals surface area contributed by atoms with Crippen LogP contribution in [0.2, 0.25) is 0 Å². The Bertz CT molecular complexity index is 759. The number of aliphatic hydroxyl groups excluding tert-OH is 1. The van der Waals surface area contributed by atoms with Crippen molar-refractivity contribution in [3.63, 3.8) is 0 Å². The van der Waals surface area contributed by atoms with Gasteiger partial charge in [-0.2, -0.15) is 0 Å². The van der Waals surface area contributed by atoms with E-state index in [1.165, 1.54) is 12.1 Å². The molecule has 0 amide bonds. The minimum Gasteiger partial charge on any atom is -0.387 e. The predicted octanol–water partition coefficient (Wildman–Crippen LogP) is 2.26. The SMILES string of the molecule is O=S(=O)(Cc1c(F)cccc1F)NCC(O)c1ccc(F)cc1. The van der Waals surface area contributed by atoms with Crippen molar-refractivity contribution in [3.8, 4) is 0 Å². The first-order valence-corrected chi connectivity index (χ1v) is 8.27. The fourth-order valence-corrected chi connectivity index (χ4v) is 3.09. The molecule has 2 rings (SSSR count). The Balaban J connectivity index is 2.03. The lowest BCUT2D eigenvalue weighted by molar-refractivity contribution is 0.182. The van der Waals surface area contributed by atoms with Gasteiger partial charge in [0, 0.05) is 12.1 Å². The molecule has 124 valence electrons. The van der Waals surface area contributed by atoms with Crippen LogP contribution < -0.4 is 4.72 Å². The van der Waals surface area contributed by atoms with Crippen LogP contribution in [-0.4, -0.2) is 20.1 Å². The summed E-state index contributed by atoms with van der Waals surface area (Å²) in [7, 11) is -4.05. The Morgan fingerprint density at radius 2 is 1.57 bits per heavy atom. The van der Waals surface area contributed by atoms with Crippen LogP contribution in [0.15, 0.2) is 42.5 Å². The molecule has 0 spiro atoms. The molecule has 2 aromatic rings. The van der Waals surface area contributed by atoms with Crippen LogP contribution in [0.1, 0.15) is 17.2 Å². The lowest BCUT2D eigenvalue weighted by atomic mass is 10.1. The van der Waals surface area contributed by atoms with Gasteiger partial charge in [-0.25, -0.2) is 26.3 Å². The maximum absolute atomic E-state index is 13.5. The molecule has 0 bridgehead atoms. The Hall–Kier alpha value is -1.90. The maximum atomic E-state index is 13.5. The summed E-state index contributed by atoms with van der Waals surface area (Å²) in [6.45, 7) is -0.399. The van der Waals surface area contributed by atoms with Crippen LogP contribution in [0.4, 0.5) is 13.2 Å². The van der Waals surface area contributed by atoms with Gasteiger partial charge in [-0.05, 0) is 29.8 Å². The molecular formula is C15H14F3NO3S. The van der Waals surface area contributed by atoms with Crippen LogP contribution in [0.5, 0.6) is 0 Å². The van der Waals surface area contributed by atoms with Crippen LogP contribution in [0.25, 0.3) is 0 Å². The topological polar surface area (TPSA) is 66.4 Å². The van der Waals surface area contributed by atoms with Crippen LogP contribution in [0.3, 0.4) is 0 Å². The fourth-order valence-electron chi connectivity index (χ4n) is 1.92. The van der Waals surface area contributed by atoms with Gasteiger partial charge in [0.05, 0.1) is 11.9 Å². The molecule has 0 saturated carbocycles. The Labute approximate surface area is 131 Å². The summed E-state index contributed by atoms with van der Waals surface area (Å²) < 4.78 is 65.5. The molecule has 0 radical (unpaired) electrons. The first kappa shape index (κ1) is 17.5. The molecule has 0 aliphatic heterocycles. The van der Waals surface area contributed by atoms with Gasteiger partial charge >= 0.3 is 0 Å². The molecule has 4 nitrogen and oxygen atoms in total. The van der Waals surface area contributed by atoms with E-state index in [-0.39, 0.29) is 0 Å². The van der Waals surface area contributed by atoms with Crippen molar-refractivity contribution in [2.24, 2.45) is 0 Å². The highest BCUT2D eigenvalue weighted by molar-refractivity contribution is 7.88. The number of hydrogen-bond donors (Lipinski definition) is 2. The van der Waals surface area contributed by atoms with Gasteiger partial charge in [-0.1, -0.05) is 18.2 Å². The highest BCUT2D eigenvalue weighted by Crippen LogP contribution is 2.16. The third-order valence-corrected chi connectivity index (χ3v) is 4.42. The molecule has 1 unspecified atom stereocenters. The molecule has 2 N–H and O–H groups in total. The number of sulfonamides is 1. The molecule has 0 fully saturated rings. The molecule has 0 aromatic heterocycles. The number of aliphatic hydroxyl groups is 1. The van der Waals surface area contributed by atoms with E-state index in [9.17, 15) is 26.7 Å². The zero-order chi connectivity index (χ0) is 17.0. The number of nitrogens with one attached hydrogen (secondary N) is 1. The standard InChI is InChI=1S/C15H14F3NO3S/c16-11-6-4-10(5-7-11)15(20)8-19-23(21,22)9-12-13(17)2-1-3-14(12)18/h1-7,15,19-20H,8-9H2. The zero-order valence-corrected chi connectivity index (χ0v) is 12.7. The number of halogens is 3. The van der Waals surface area contributed by atoms with Gasteiger partial charge in [0.1, 0.15) is 17.5 Å². The quantitative estimate of drug-likeness (QED) is 0.844. The van der Waals surface area contributed by atoms with Crippen LogP contribution in [0, 0.1) is 17.5 Å². The third-order valence-electron chi connectivity index (χ3n) is 3.15. The Morgan fingerprint density at radius 3 is 2.13 bits per heavy atom. The van der Waals surface area contributed by atoms with E-state index < -0.39 is 51.4 Å². The van der Waals surface area contributed by atoms with Gasteiger partial charge < -0.3 is 5.11 Å². The number of benzene rings is 2. The van der Waals surface area contributed by atoms with E-state index >= 15 is 0 Å². The van der Waals surface area contributed by atoms with Crippen molar-refractivity contribution in [2.75, 3.05) is 6.54 Å². The van der Waals surface area contributed by atoms with E-state index in [2.05, 4.69) is 4.72 Å². The molecule has 0 saturated heterocycles. The summed E-state index contributed by atoms with van der Waals surface area (Å²) in [6.07, 6.45) is -1.21. The largest absolute Gasteiger partial charge is 0.387 e. The maximum Gasteiger partial charge on any atom is 0.216 e. The van der Waals surface area contributed by atoms with E-state index in [0.29, 0.717) is 5.56 Å². The van der Waals surface area contributed by atoms with Crippen LogP contribution in [-0.2, 0) is 15.8 Å². The Kier molecular flexibility index (Phi) is 5.40. The molecule has 0 aliphatic carbocycles. The zero-order valence-electron chi connectivity index (χ0n) is 11.8. The Morgan fingerprint density at radius 1 is 1.00 bits per heavy atom. The van der Waals surface area contributed by atoms with Crippen molar-refractivity contribution >= 4 is 10.0 Å². The van der Waals surface area contributed by atoms with Crippen molar-refractivity contribution in [1.29, 1.82) is 0 Å². The van der Waals surface area contributed by atoms with Gasteiger partial charge in [0.25, 0.3) is 0 Å². The predicted molar refractivity (Wildman–Crippen MR) is 78.3 cm³/mol. The molecule has 0 aliphatic rings. The number of rotatable bonds is 6. The highest BCUT2D eigenvalue weighted by atomic mass is 32.2. The molecule has 2 aromatic carbocycles. The lowest BCUT2D eigenvalue weighted by Crippen LogP contribution is -2.30. The molecule has 8 heteroatoms. The van der Waals surface area contributed by atoms with E-state index in [1.54, 1.807) is 0 Å². The second-order valence-corrected chi connectivity index (χ2v) is 6.68. The highest BCUT2D eigenvalue weighted by Gasteiger charge is 2.19.